The number of fused-ring (bicyclic) bond motifs is 1. The van der Waals surface area contributed by atoms with Crippen LogP contribution >= 0.6 is 11.8 Å². The fraction of sp³-hybridized carbons (Fsp3) is 0.250. The zero-order valence-corrected chi connectivity index (χ0v) is 15.3. The molecule has 26 heavy (non-hydrogen) atoms. The van der Waals surface area contributed by atoms with Gasteiger partial charge in [-0.15, -0.1) is 10.2 Å². The number of amides is 1. The summed E-state index contributed by atoms with van der Waals surface area (Å²) in [7, 11) is 0. The Labute approximate surface area is 156 Å². The normalized spacial score (nSPS) is 16.3. The molecule has 1 aromatic heterocycles. The Balaban J connectivity index is 1.46. The first-order valence-electron chi connectivity index (χ1n) is 8.64. The molecular formula is C20H19N3O2S. The minimum Gasteiger partial charge on any atom is -0.411 e. The molecule has 0 saturated carbocycles. The highest BCUT2D eigenvalue weighted by molar-refractivity contribution is 7.99. The van der Waals surface area contributed by atoms with Crippen molar-refractivity contribution in [3.63, 3.8) is 0 Å². The zero-order chi connectivity index (χ0) is 17.9. The lowest BCUT2D eigenvalue weighted by atomic mass is 9.97. The number of nitrogens with zero attached hydrogens (tertiary/aromatic N) is 3. The molecule has 0 radical (unpaired) electrons. The van der Waals surface area contributed by atoms with E-state index in [1.165, 1.54) is 17.3 Å². The second-order valence-corrected chi connectivity index (χ2v) is 7.23. The number of benzene rings is 2. The molecule has 4 rings (SSSR count). The van der Waals surface area contributed by atoms with Gasteiger partial charge in [-0.3, -0.25) is 4.79 Å². The van der Waals surface area contributed by atoms with Crippen molar-refractivity contribution in [2.24, 2.45) is 0 Å². The van der Waals surface area contributed by atoms with Gasteiger partial charge >= 0.3 is 0 Å². The van der Waals surface area contributed by atoms with Gasteiger partial charge in [0.25, 0.3) is 5.22 Å². The molecule has 2 heterocycles. The molecular weight excluding hydrogens is 346 g/mol. The fourth-order valence-corrected chi connectivity index (χ4v) is 3.85. The molecule has 1 aliphatic rings. The van der Waals surface area contributed by atoms with Crippen LogP contribution in [-0.4, -0.2) is 27.9 Å². The second kappa shape index (κ2) is 7.33. The molecule has 132 valence electrons. The molecule has 6 heteroatoms. The highest BCUT2D eigenvalue weighted by Gasteiger charge is 2.28. The van der Waals surface area contributed by atoms with E-state index in [1.807, 2.05) is 53.4 Å². The van der Waals surface area contributed by atoms with Gasteiger partial charge in [0.15, 0.2) is 0 Å². The minimum atomic E-state index is 0.0640. The number of aromatic nitrogens is 2. The molecule has 0 fully saturated rings. The summed E-state index contributed by atoms with van der Waals surface area (Å²) in [6, 6.07) is 17.9. The van der Waals surface area contributed by atoms with E-state index in [1.54, 1.807) is 0 Å². The number of rotatable bonds is 4. The largest absolute Gasteiger partial charge is 0.411 e. The SMILES string of the molecule is C[C@@H]1CCc2ccccc2N1C(=O)CSc1nnc(-c2ccccc2)o1. The van der Waals surface area contributed by atoms with Crippen LogP contribution in [0.2, 0.25) is 0 Å². The lowest BCUT2D eigenvalue weighted by molar-refractivity contribution is -0.116. The van der Waals surface area contributed by atoms with Crippen LogP contribution in [0.15, 0.2) is 64.2 Å². The average molecular weight is 365 g/mol. The predicted octanol–water partition coefficient (Wildman–Crippen LogP) is 4.20. The molecule has 0 saturated heterocycles. The molecule has 0 unspecified atom stereocenters. The van der Waals surface area contributed by atoms with Crippen molar-refractivity contribution < 1.29 is 9.21 Å². The van der Waals surface area contributed by atoms with Crippen molar-refractivity contribution in [2.45, 2.75) is 31.0 Å². The summed E-state index contributed by atoms with van der Waals surface area (Å²) < 4.78 is 5.67. The Morgan fingerprint density at radius 1 is 1.15 bits per heavy atom. The van der Waals surface area contributed by atoms with E-state index in [2.05, 4.69) is 23.2 Å². The summed E-state index contributed by atoms with van der Waals surface area (Å²) in [6.07, 6.45) is 1.99. The van der Waals surface area contributed by atoms with Crippen LogP contribution in [-0.2, 0) is 11.2 Å². The number of hydrogen-bond donors (Lipinski definition) is 0. The third-order valence-corrected chi connectivity index (χ3v) is 5.34. The van der Waals surface area contributed by atoms with Crippen LogP contribution in [0.5, 0.6) is 0 Å². The summed E-state index contributed by atoms with van der Waals surface area (Å²) in [6.45, 7) is 2.10. The van der Waals surface area contributed by atoms with Crippen LogP contribution < -0.4 is 4.90 Å². The van der Waals surface area contributed by atoms with Gasteiger partial charge in [0.05, 0.1) is 5.75 Å². The molecule has 0 N–H and O–H groups in total. The molecule has 3 aromatic rings. The highest BCUT2D eigenvalue weighted by atomic mass is 32.2. The molecule has 1 atom stereocenters. The summed E-state index contributed by atoms with van der Waals surface area (Å²) >= 11 is 1.28. The van der Waals surface area contributed by atoms with E-state index in [9.17, 15) is 4.79 Å². The van der Waals surface area contributed by atoms with Gasteiger partial charge in [-0.05, 0) is 43.5 Å². The summed E-state index contributed by atoms with van der Waals surface area (Å²) in [5, 5.41) is 8.53. The number of anilines is 1. The molecule has 1 amide bonds. The Morgan fingerprint density at radius 3 is 2.77 bits per heavy atom. The quantitative estimate of drug-likeness (QED) is 0.649. The van der Waals surface area contributed by atoms with Crippen molar-refractivity contribution in [3.05, 3.63) is 60.2 Å². The van der Waals surface area contributed by atoms with Crippen molar-refractivity contribution in [1.29, 1.82) is 0 Å². The van der Waals surface area contributed by atoms with E-state index in [0.717, 1.165) is 24.1 Å². The number of carbonyl (C=O) groups excluding carboxylic acids is 1. The fourth-order valence-electron chi connectivity index (χ4n) is 3.23. The van der Waals surface area contributed by atoms with Crippen LogP contribution in [0.4, 0.5) is 5.69 Å². The Kier molecular flexibility index (Phi) is 4.75. The van der Waals surface area contributed by atoms with Gasteiger partial charge in [0, 0.05) is 17.3 Å². The van der Waals surface area contributed by atoms with Crippen LogP contribution in [0.25, 0.3) is 11.5 Å². The molecule has 2 aromatic carbocycles. The smallest absolute Gasteiger partial charge is 0.277 e. The molecule has 0 spiro atoms. The Bertz CT molecular complexity index is 910. The predicted molar refractivity (Wildman–Crippen MR) is 102 cm³/mol. The first-order chi connectivity index (χ1) is 12.7. The van der Waals surface area contributed by atoms with Crippen molar-refractivity contribution in [3.8, 4) is 11.5 Å². The summed E-state index contributed by atoms with van der Waals surface area (Å²) in [5.41, 5.74) is 3.12. The average Bonchev–Trinajstić information content (AvgIpc) is 3.16. The topological polar surface area (TPSA) is 59.2 Å². The number of aryl methyl sites for hydroxylation is 1. The third kappa shape index (κ3) is 3.37. The number of hydrogen-bond acceptors (Lipinski definition) is 5. The van der Waals surface area contributed by atoms with Crippen molar-refractivity contribution in [1.82, 2.24) is 10.2 Å². The lowest BCUT2D eigenvalue weighted by Gasteiger charge is -2.35. The van der Waals surface area contributed by atoms with Crippen LogP contribution in [0.1, 0.15) is 18.9 Å². The second-order valence-electron chi connectivity index (χ2n) is 6.31. The summed E-state index contributed by atoms with van der Waals surface area (Å²) in [4.78, 5) is 14.7. The molecule has 5 nitrogen and oxygen atoms in total. The van der Waals surface area contributed by atoms with Gasteiger partial charge in [-0.25, -0.2) is 0 Å². The van der Waals surface area contributed by atoms with E-state index in [-0.39, 0.29) is 17.7 Å². The third-order valence-electron chi connectivity index (χ3n) is 4.54. The van der Waals surface area contributed by atoms with E-state index >= 15 is 0 Å². The Hall–Kier alpha value is -2.60. The van der Waals surface area contributed by atoms with Crippen molar-refractivity contribution in [2.75, 3.05) is 10.7 Å². The number of para-hydroxylation sites is 1. The maximum absolute atomic E-state index is 12.8. The number of thioether (sulfide) groups is 1. The lowest BCUT2D eigenvalue weighted by Crippen LogP contribution is -2.43. The van der Waals surface area contributed by atoms with Gasteiger partial charge < -0.3 is 9.32 Å². The molecule has 0 aliphatic carbocycles. The maximum Gasteiger partial charge on any atom is 0.277 e. The Morgan fingerprint density at radius 2 is 1.92 bits per heavy atom. The monoisotopic (exact) mass is 365 g/mol. The highest BCUT2D eigenvalue weighted by Crippen LogP contribution is 2.31. The van der Waals surface area contributed by atoms with Crippen LogP contribution in [0.3, 0.4) is 0 Å². The molecule has 0 bridgehead atoms. The maximum atomic E-state index is 12.8. The van der Waals surface area contributed by atoms with Gasteiger partial charge in [0.1, 0.15) is 0 Å². The van der Waals surface area contributed by atoms with Gasteiger partial charge in [-0.1, -0.05) is 48.2 Å². The molecule has 1 aliphatic heterocycles. The van der Waals surface area contributed by atoms with E-state index in [0.29, 0.717) is 11.1 Å². The summed E-state index contributed by atoms with van der Waals surface area (Å²) in [5.74, 6) is 0.807. The number of carbonyl (C=O) groups is 1. The zero-order valence-electron chi connectivity index (χ0n) is 14.5. The van der Waals surface area contributed by atoms with Crippen molar-refractivity contribution >= 4 is 23.4 Å². The van der Waals surface area contributed by atoms with Crippen LogP contribution in [0, 0.1) is 0 Å². The first-order valence-corrected chi connectivity index (χ1v) is 9.62. The minimum absolute atomic E-state index is 0.0640. The van der Waals surface area contributed by atoms with E-state index < -0.39 is 0 Å². The standard InChI is InChI=1S/C20H19N3O2S/c1-14-11-12-15-7-5-6-10-17(15)23(14)18(24)13-26-20-22-21-19(25-20)16-8-3-2-4-9-16/h2-10,14H,11-13H2,1H3/t14-/m1/s1. The first kappa shape index (κ1) is 16.8. The van der Waals surface area contributed by atoms with Gasteiger partial charge in [-0.2, -0.15) is 0 Å². The van der Waals surface area contributed by atoms with E-state index in [4.69, 9.17) is 4.42 Å². The van der Waals surface area contributed by atoms with Gasteiger partial charge in [0.2, 0.25) is 11.8 Å².